The number of aryl methyl sites for hydroxylation is 1. The first-order valence-electron chi connectivity index (χ1n) is 7.95. The molecule has 1 N–H and O–H groups in total. The lowest BCUT2D eigenvalue weighted by Gasteiger charge is -2.33. The molecule has 3 rings (SSSR count). The van der Waals surface area contributed by atoms with Gasteiger partial charge in [-0.1, -0.05) is 24.3 Å². The lowest BCUT2D eigenvalue weighted by molar-refractivity contribution is 0.0914. The number of nitrogens with zero attached hydrogens (tertiary/aromatic N) is 1. The Morgan fingerprint density at radius 2 is 1.86 bits per heavy atom. The van der Waals surface area contributed by atoms with Crippen LogP contribution in [-0.4, -0.2) is 37.0 Å². The number of allylic oxidation sites excluding steroid dienone is 1. The molecule has 0 bridgehead atoms. The van der Waals surface area contributed by atoms with Crippen molar-refractivity contribution in [3.05, 3.63) is 40.3 Å². The third kappa shape index (κ3) is 2.98. The zero-order chi connectivity index (χ0) is 15.7. The van der Waals surface area contributed by atoms with Gasteiger partial charge in [-0.05, 0) is 55.7 Å². The highest BCUT2D eigenvalue weighted by atomic mass is 32.2. The molecule has 0 radical (unpaired) electrons. The number of aliphatic hydroxyl groups is 1. The van der Waals surface area contributed by atoms with Crippen LogP contribution in [0.5, 0.6) is 0 Å². The summed E-state index contributed by atoms with van der Waals surface area (Å²) in [4.78, 5) is 0.529. The molecule has 1 aliphatic heterocycles. The maximum absolute atomic E-state index is 12.8. The maximum Gasteiger partial charge on any atom is 0.239 e. The summed E-state index contributed by atoms with van der Waals surface area (Å²) in [5.74, 6) is 0.215. The van der Waals surface area contributed by atoms with Crippen LogP contribution in [0.4, 0.5) is 0 Å². The molecule has 2 aliphatic rings. The van der Waals surface area contributed by atoms with Gasteiger partial charge in [0.15, 0.2) is 0 Å². The molecule has 22 heavy (non-hydrogen) atoms. The Kier molecular flexibility index (Phi) is 4.39. The maximum atomic E-state index is 12.8. The number of piperidine rings is 1. The van der Waals surface area contributed by atoms with Gasteiger partial charge in [-0.3, -0.25) is 0 Å². The molecule has 4 nitrogen and oxygen atoms in total. The molecule has 1 saturated heterocycles. The van der Waals surface area contributed by atoms with Crippen LogP contribution in [0.2, 0.25) is 0 Å². The molecule has 1 fully saturated rings. The van der Waals surface area contributed by atoms with Crippen molar-refractivity contribution in [3.63, 3.8) is 0 Å². The highest BCUT2D eigenvalue weighted by Crippen LogP contribution is 2.31. The standard InChI is InChI=1S/C17H23NO3S/c1-13(19)14-8-10-18(11-9-14)22(20,21)17-7-6-15-4-2-3-5-16(15)12-17/h2-5,12-14,19H,6-11H2,1H3. The van der Waals surface area contributed by atoms with Crippen molar-refractivity contribution in [2.75, 3.05) is 13.1 Å². The summed E-state index contributed by atoms with van der Waals surface area (Å²) in [5, 5.41) is 9.64. The molecule has 5 heteroatoms. The van der Waals surface area contributed by atoms with Crippen molar-refractivity contribution < 1.29 is 13.5 Å². The number of rotatable bonds is 3. The van der Waals surface area contributed by atoms with E-state index in [9.17, 15) is 13.5 Å². The quantitative estimate of drug-likeness (QED) is 0.930. The molecule has 1 heterocycles. The first kappa shape index (κ1) is 15.7. The van der Waals surface area contributed by atoms with Gasteiger partial charge in [-0.15, -0.1) is 0 Å². The van der Waals surface area contributed by atoms with Crippen LogP contribution in [-0.2, 0) is 16.4 Å². The Morgan fingerprint density at radius 1 is 1.18 bits per heavy atom. The average molecular weight is 321 g/mol. The van der Waals surface area contributed by atoms with E-state index in [0.29, 0.717) is 24.4 Å². The van der Waals surface area contributed by atoms with Crippen LogP contribution in [0.3, 0.4) is 0 Å². The lowest BCUT2D eigenvalue weighted by Crippen LogP contribution is -2.41. The van der Waals surface area contributed by atoms with E-state index in [0.717, 1.165) is 24.8 Å². The van der Waals surface area contributed by atoms with Crippen molar-refractivity contribution in [2.24, 2.45) is 5.92 Å². The smallest absolute Gasteiger partial charge is 0.239 e. The Morgan fingerprint density at radius 3 is 2.55 bits per heavy atom. The second-order valence-corrected chi connectivity index (χ2v) is 8.28. The predicted octanol–water partition coefficient (Wildman–Crippen LogP) is 2.40. The zero-order valence-electron chi connectivity index (χ0n) is 12.9. The first-order chi connectivity index (χ1) is 10.5. The van der Waals surface area contributed by atoms with Gasteiger partial charge >= 0.3 is 0 Å². The van der Waals surface area contributed by atoms with Gasteiger partial charge in [-0.2, -0.15) is 4.31 Å². The van der Waals surface area contributed by atoms with Gasteiger partial charge in [0.1, 0.15) is 0 Å². The Balaban J connectivity index is 1.79. The van der Waals surface area contributed by atoms with E-state index in [4.69, 9.17) is 0 Å². The number of hydrogen-bond acceptors (Lipinski definition) is 3. The second kappa shape index (κ2) is 6.14. The highest BCUT2D eigenvalue weighted by Gasteiger charge is 2.32. The number of benzene rings is 1. The fourth-order valence-corrected chi connectivity index (χ4v) is 5.03. The number of sulfonamides is 1. The monoisotopic (exact) mass is 321 g/mol. The summed E-state index contributed by atoms with van der Waals surface area (Å²) in [7, 11) is -3.36. The molecule has 0 spiro atoms. The summed E-state index contributed by atoms with van der Waals surface area (Å²) >= 11 is 0. The van der Waals surface area contributed by atoms with Gasteiger partial charge in [0.25, 0.3) is 0 Å². The molecule has 120 valence electrons. The molecule has 0 aromatic heterocycles. The normalized spacial score (nSPS) is 22.0. The lowest BCUT2D eigenvalue weighted by atomic mass is 9.93. The van der Waals surface area contributed by atoms with E-state index >= 15 is 0 Å². The SMILES string of the molecule is CC(O)C1CCN(S(=O)(=O)C2=Cc3ccccc3CC2)CC1. The number of hydrogen-bond donors (Lipinski definition) is 1. The van der Waals surface area contributed by atoms with E-state index in [2.05, 4.69) is 6.07 Å². The predicted molar refractivity (Wildman–Crippen MR) is 87.6 cm³/mol. The molecule has 1 unspecified atom stereocenters. The van der Waals surface area contributed by atoms with Crippen LogP contribution in [0.25, 0.3) is 6.08 Å². The van der Waals surface area contributed by atoms with Crippen LogP contribution < -0.4 is 0 Å². The van der Waals surface area contributed by atoms with E-state index in [1.807, 2.05) is 24.3 Å². The van der Waals surface area contributed by atoms with Crippen molar-refractivity contribution in [1.29, 1.82) is 0 Å². The number of aliphatic hydroxyl groups excluding tert-OH is 1. The third-order valence-corrected chi connectivity index (χ3v) is 6.89. The summed E-state index contributed by atoms with van der Waals surface area (Å²) in [5.41, 5.74) is 2.24. The zero-order valence-corrected chi connectivity index (χ0v) is 13.7. The summed E-state index contributed by atoms with van der Waals surface area (Å²) in [6.07, 6.45) is 4.31. The van der Waals surface area contributed by atoms with Crippen LogP contribution in [0, 0.1) is 5.92 Å². The molecule has 1 atom stereocenters. The topological polar surface area (TPSA) is 57.6 Å². The molecule has 0 amide bonds. The minimum Gasteiger partial charge on any atom is -0.393 e. The minimum atomic E-state index is -3.36. The summed E-state index contributed by atoms with van der Waals surface area (Å²) in [6.45, 7) is 2.81. The summed E-state index contributed by atoms with van der Waals surface area (Å²) < 4.78 is 27.2. The van der Waals surface area contributed by atoms with Gasteiger partial charge in [0, 0.05) is 13.1 Å². The Labute approximate surface area is 132 Å². The third-order valence-electron chi connectivity index (χ3n) is 4.86. The van der Waals surface area contributed by atoms with Crippen molar-refractivity contribution in [2.45, 2.75) is 38.7 Å². The van der Waals surface area contributed by atoms with Gasteiger partial charge < -0.3 is 5.11 Å². The van der Waals surface area contributed by atoms with E-state index in [1.165, 1.54) is 5.56 Å². The average Bonchev–Trinajstić information content (AvgIpc) is 2.54. The molecule has 1 aromatic rings. The van der Waals surface area contributed by atoms with E-state index in [-0.39, 0.29) is 12.0 Å². The van der Waals surface area contributed by atoms with Crippen molar-refractivity contribution in [1.82, 2.24) is 4.31 Å². The van der Waals surface area contributed by atoms with Crippen LogP contribution in [0.1, 0.15) is 37.3 Å². The largest absolute Gasteiger partial charge is 0.393 e. The molecular weight excluding hydrogens is 298 g/mol. The van der Waals surface area contributed by atoms with Gasteiger partial charge in [0.05, 0.1) is 11.0 Å². The van der Waals surface area contributed by atoms with Gasteiger partial charge in [-0.25, -0.2) is 8.42 Å². The minimum absolute atomic E-state index is 0.215. The van der Waals surface area contributed by atoms with Crippen molar-refractivity contribution >= 4 is 16.1 Å². The highest BCUT2D eigenvalue weighted by molar-refractivity contribution is 7.93. The molecular formula is C17H23NO3S. The number of fused-ring (bicyclic) bond motifs is 1. The first-order valence-corrected chi connectivity index (χ1v) is 9.39. The summed E-state index contributed by atoms with van der Waals surface area (Å²) in [6, 6.07) is 7.97. The fraction of sp³-hybridized carbons (Fsp3) is 0.529. The Hall–Kier alpha value is -1.17. The van der Waals surface area contributed by atoms with Crippen LogP contribution in [0.15, 0.2) is 29.2 Å². The van der Waals surface area contributed by atoms with Crippen molar-refractivity contribution in [3.8, 4) is 0 Å². The molecule has 1 aromatic carbocycles. The second-order valence-electron chi connectivity index (χ2n) is 6.29. The molecule has 1 aliphatic carbocycles. The fourth-order valence-electron chi connectivity index (χ4n) is 3.37. The van der Waals surface area contributed by atoms with E-state index < -0.39 is 10.0 Å². The van der Waals surface area contributed by atoms with Crippen LogP contribution >= 0.6 is 0 Å². The molecule has 0 saturated carbocycles. The Bertz CT molecular complexity index is 671. The van der Waals surface area contributed by atoms with Gasteiger partial charge in [0.2, 0.25) is 10.0 Å². The van der Waals surface area contributed by atoms with E-state index in [1.54, 1.807) is 11.2 Å².